The number of hydrogen-bond acceptors (Lipinski definition) is 5. The van der Waals surface area contributed by atoms with Gasteiger partial charge in [0.15, 0.2) is 11.5 Å². The lowest BCUT2D eigenvalue weighted by atomic mass is 9.93. The number of amides is 1. The number of hydrogen-bond donors (Lipinski definition) is 0. The molecule has 1 amide bonds. The Bertz CT molecular complexity index is 950. The van der Waals surface area contributed by atoms with Crippen molar-refractivity contribution in [2.75, 3.05) is 46.6 Å². The summed E-state index contributed by atoms with van der Waals surface area (Å²) in [6.45, 7) is 5.13. The molecule has 0 saturated carbocycles. The topological polar surface area (TPSA) is 51.2 Å². The largest absolute Gasteiger partial charge is 0.497 e. The Labute approximate surface area is 195 Å². The summed E-state index contributed by atoms with van der Waals surface area (Å²) in [5.74, 6) is 3.02. The van der Waals surface area contributed by atoms with Gasteiger partial charge in [-0.15, -0.1) is 12.4 Å². The molecule has 0 bridgehead atoms. The first kappa shape index (κ1) is 22.7. The van der Waals surface area contributed by atoms with Crippen molar-refractivity contribution in [1.29, 1.82) is 0 Å². The number of methoxy groups -OCH3 is 1. The van der Waals surface area contributed by atoms with Crippen molar-refractivity contribution in [2.24, 2.45) is 5.92 Å². The second-order valence-electron chi connectivity index (χ2n) is 8.77. The van der Waals surface area contributed by atoms with E-state index in [1.165, 1.54) is 18.4 Å². The summed E-state index contributed by atoms with van der Waals surface area (Å²) in [5.41, 5.74) is 3.20. The van der Waals surface area contributed by atoms with E-state index in [0.29, 0.717) is 11.7 Å². The number of carbonyl (C=O) groups excluding carboxylic acids is 1. The molecule has 2 aromatic rings. The van der Waals surface area contributed by atoms with Gasteiger partial charge in [-0.05, 0) is 73.5 Å². The number of halogens is 1. The molecule has 1 fully saturated rings. The first-order chi connectivity index (χ1) is 15.2. The molecule has 6 nitrogen and oxygen atoms in total. The van der Waals surface area contributed by atoms with E-state index in [2.05, 4.69) is 17.0 Å². The van der Waals surface area contributed by atoms with Gasteiger partial charge in [-0.2, -0.15) is 0 Å². The molecule has 2 aromatic carbocycles. The predicted molar refractivity (Wildman–Crippen MR) is 125 cm³/mol. The molecular formula is C25H31ClN2O4. The molecule has 1 unspecified atom stereocenters. The fraction of sp³-hybridized carbons (Fsp3) is 0.480. The maximum absolute atomic E-state index is 13.1. The molecule has 0 radical (unpaired) electrons. The third-order valence-electron chi connectivity index (χ3n) is 6.72. The third kappa shape index (κ3) is 4.81. The molecule has 5 rings (SSSR count). The Morgan fingerprint density at radius 3 is 2.66 bits per heavy atom. The van der Waals surface area contributed by atoms with Crippen molar-refractivity contribution < 1.29 is 19.0 Å². The molecule has 0 aromatic heterocycles. The fourth-order valence-corrected chi connectivity index (χ4v) is 4.99. The molecule has 3 aliphatic heterocycles. The average molecular weight is 459 g/mol. The lowest BCUT2D eigenvalue weighted by Gasteiger charge is -2.37. The van der Waals surface area contributed by atoms with Gasteiger partial charge in [-0.25, -0.2) is 0 Å². The van der Waals surface area contributed by atoms with Gasteiger partial charge < -0.3 is 24.0 Å². The van der Waals surface area contributed by atoms with E-state index in [0.717, 1.165) is 68.2 Å². The maximum Gasteiger partial charge on any atom is 0.254 e. The van der Waals surface area contributed by atoms with Gasteiger partial charge in [0.25, 0.3) is 5.91 Å². The third-order valence-corrected chi connectivity index (χ3v) is 6.72. The van der Waals surface area contributed by atoms with Gasteiger partial charge in [-0.3, -0.25) is 4.79 Å². The summed E-state index contributed by atoms with van der Waals surface area (Å²) in [7, 11) is 1.70. The van der Waals surface area contributed by atoms with E-state index in [4.69, 9.17) is 14.2 Å². The SMILES string of the molecule is COc1ccc(CCN2CCCC(CN3CCc4cc5c(cc4C3=O)OCO5)C2)cc1.Cl. The van der Waals surface area contributed by atoms with Gasteiger partial charge >= 0.3 is 0 Å². The molecule has 3 aliphatic rings. The van der Waals surface area contributed by atoms with Crippen LogP contribution in [0.15, 0.2) is 36.4 Å². The van der Waals surface area contributed by atoms with Gasteiger partial charge in [-0.1, -0.05) is 12.1 Å². The van der Waals surface area contributed by atoms with Crippen LogP contribution >= 0.6 is 12.4 Å². The van der Waals surface area contributed by atoms with E-state index in [1.54, 1.807) is 7.11 Å². The predicted octanol–water partition coefficient (Wildman–Crippen LogP) is 3.80. The quantitative estimate of drug-likeness (QED) is 0.659. The summed E-state index contributed by atoms with van der Waals surface area (Å²) in [6.07, 6.45) is 4.31. The Hall–Kier alpha value is -2.44. The minimum Gasteiger partial charge on any atom is -0.497 e. The van der Waals surface area contributed by atoms with Crippen LogP contribution in [0, 0.1) is 5.92 Å². The van der Waals surface area contributed by atoms with Gasteiger partial charge in [0, 0.05) is 31.7 Å². The maximum atomic E-state index is 13.1. The second-order valence-corrected chi connectivity index (χ2v) is 8.77. The van der Waals surface area contributed by atoms with Gasteiger partial charge in [0.2, 0.25) is 6.79 Å². The zero-order valence-corrected chi connectivity index (χ0v) is 19.4. The van der Waals surface area contributed by atoms with Crippen LogP contribution in [0.2, 0.25) is 0 Å². The van der Waals surface area contributed by atoms with Crippen LogP contribution in [-0.4, -0.2) is 62.3 Å². The summed E-state index contributed by atoms with van der Waals surface area (Å²) in [5, 5.41) is 0. The normalized spacial score (nSPS) is 20.0. The highest BCUT2D eigenvalue weighted by atomic mass is 35.5. The molecule has 0 aliphatic carbocycles. The Morgan fingerprint density at radius 1 is 1.09 bits per heavy atom. The van der Waals surface area contributed by atoms with Crippen LogP contribution in [0.3, 0.4) is 0 Å². The monoisotopic (exact) mass is 458 g/mol. The van der Waals surface area contributed by atoms with Crippen molar-refractivity contribution in [3.05, 3.63) is 53.1 Å². The van der Waals surface area contributed by atoms with Crippen molar-refractivity contribution >= 4 is 18.3 Å². The van der Waals surface area contributed by atoms with Crippen LogP contribution in [0.5, 0.6) is 17.2 Å². The summed E-state index contributed by atoms with van der Waals surface area (Å²) in [4.78, 5) is 17.7. The first-order valence-corrected chi connectivity index (χ1v) is 11.3. The van der Waals surface area contributed by atoms with Crippen molar-refractivity contribution in [3.63, 3.8) is 0 Å². The van der Waals surface area contributed by atoms with E-state index < -0.39 is 0 Å². The number of piperidine rings is 1. The van der Waals surface area contributed by atoms with Gasteiger partial charge in [0.1, 0.15) is 5.75 Å². The number of benzene rings is 2. The van der Waals surface area contributed by atoms with Crippen molar-refractivity contribution in [3.8, 4) is 17.2 Å². The Kier molecular flexibility index (Phi) is 7.11. The lowest BCUT2D eigenvalue weighted by Crippen LogP contribution is -2.45. The smallest absolute Gasteiger partial charge is 0.254 e. The number of nitrogens with zero attached hydrogens (tertiary/aromatic N) is 2. The molecule has 0 N–H and O–H groups in total. The van der Waals surface area contributed by atoms with Crippen LogP contribution in [0.25, 0.3) is 0 Å². The molecular weight excluding hydrogens is 428 g/mol. The average Bonchev–Trinajstić information content (AvgIpc) is 3.27. The van der Waals surface area contributed by atoms with Crippen molar-refractivity contribution in [2.45, 2.75) is 25.7 Å². The molecule has 1 atom stereocenters. The highest BCUT2D eigenvalue weighted by Crippen LogP contribution is 2.37. The van der Waals surface area contributed by atoms with Crippen LogP contribution in [0.1, 0.15) is 34.3 Å². The van der Waals surface area contributed by atoms with E-state index >= 15 is 0 Å². The minimum atomic E-state index is 0. The minimum absolute atomic E-state index is 0. The van der Waals surface area contributed by atoms with Crippen molar-refractivity contribution in [1.82, 2.24) is 9.80 Å². The first-order valence-electron chi connectivity index (χ1n) is 11.3. The zero-order valence-electron chi connectivity index (χ0n) is 18.5. The summed E-state index contributed by atoms with van der Waals surface area (Å²) >= 11 is 0. The van der Waals surface area contributed by atoms with Crippen LogP contribution in [-0.2, 0) is 12.8 Å². The Balaban J connectivity index is 0.00000245. The molecule has 172 valence electrons. The van der Waals surface area contributed by atoms with Gasteiger partial charge in [0.05, 0.1) is 7.11 Å². The fourth-order valence-electron chi connectivity index (χ4n) is 4.99. The number of carbonyl (C=O) groups is 1. The molecule has 1 saturated heterocycles. The number of rotatable bonds is 6. The standard InChI is InChI=1S/C25H30N2O4.ClH/c1-29-21-6-4-18(5-7-21)8-11-26-10-2-3-19(15-26)16-27-12-9-20-13-23-24(31-17-30-23)14-22(20)25(27)28;/h4-7,13-14,19H,2-3,8-12,15-17H2,1H3;1H. The highest BCUT2D eigenvalue weighted by molar-refractivity contribution is 5.97. The summed E-state index contributed by atoms with van der Waals surface area (Å²) < 4.78 is 16.2. The van der Waals surface area contributed by atoms with E-state index in [9.17, 15) is 4.79 Å². The molecule has 0 spiro atoms. The van der Waals surface area contributed by atoms with E-state index in [1.807, 2.05) is 29.2 Å². The lowest BCUT2D eigenvalue weighted by molar-refractivity contribution is 0.0662. The molecule has 7 heteroatoms. The van der Waals surface area contributed by atoms with Crippen LogP contribution < -0.4 is 14.2 Å². The highest BCUT2D eigenvalue weighted by Gasteiger charge is 2.30. The Morgan fingerprint density at radius 2 is 1.88 bits per heavy atom. The second kappa shape index (κ2) is 10.0. The molecule has 3 heterocycles. The van der Waals surface area contributed by atoms with E-state index in [-0.39, 0.29) is 25.1 Å². The molecule has 32 heavy (non-hydrogen) atoms. The van der Waals surface area contributed by atoms with Crippen LogP contribution in [0.4, 0.5) is 0 Å². The summed E-state index contributed by atoms with van der Waals surface area (Å²) in [6, 6.07) is 12.2. The number of fused-ring (bicyclic) bond motifs is 2. The zero-order chi connectivity index (χ0) is 21.2. The number of ether oxygens (including phenoxy) is 3. The number of likely N-dealkylation sites (tertiary alicyclic amines) is 1.